The van der Waals surface area contributed by atoms with Crippen LogP contribution in [-0.2, 0) is 7.05 Å². The molecular formula is C13H15IN2O. The van der Waals surface area contributed by atoms with E-state index in [0.717, 1.165) is 16.9 Å². The molecule has 0 amide bonds. The van der Waals surface area contributed by atoms with Crippen LogP contribution in [0.1, 0.15) is 5.56 Å². The molecule has 0 bridgehead atoms. The average Bonchev–Trinajstić information content (AvgIpc) is 2.24. The van der Waals surface area contributed by atoms with Crippen molar-refractivity contribution in [1.29, 1.82) is 0 Å². The lowest BCUT2D eigenvalue weighted by atomic mass is 10.2. The minimum Gasteiger partial charge on any atom is -1.00 e. The van der Waals surface area contributed by atoms with E-state index in [1.807, 2.05) is 55.2 Å². The second kappa shape index (κ2) is 5.86. The van der Waals surface area contributed by atoms with Crippen LogP contribution in [0.2, 0.25) is 0 Å². The number of anilines is 2. The largest absolute Gasteiger partial charge is 1.00 e. The molecule has 2 aromatic rings. The number of benzene rings is 1. The SMILES string of the molecule is Cc1ccc(Nc2ccc[n+](C)c2)cc1O.[I-]. The Morgan fingerprint density at radius 3 is 2.59 bits per heavy atom. The van der Waals surface area contributed by atoms with Gasteiger partial charge in [0, 0.05) is 17.8 Å². The summed E-state index contributed by atoms with van der Waals surface area (Å²) >= 11 is 0. The van der Waals surface area contributed by atoms with Crippen molar-refractivity contribution in [1.82, 2.24) is 0 Å². The zero-order valence-corrected chi connectivity index (χ0v) is 12.0. The van der Waals surface area contributed by atoms with E-state index >= 15 is 0 Å². The topological polar surface area (TPSA) is 36.1 Å². The second-order valence-electron chi connectivity index (χ2n) is 3.88. The van der Waals surface area contributed by atoms with Crippen LogP contribution in [0.5, 0.6) is 5.75 Å². The first-order valence-corrected chi connectivity index (χ1v) is 5.17. The number of nitrogens with one attached hydrogen (secondary N) is 1. The van der Waals surface area contributed by atoms with Crippen molar-refractivity contribution in [2.24, 2.45) is 7.05 Å². The number of rotatable bonds is 2. The zero-order chi connectivity index (χ0) is 11.5. The molecule has 17 heavy (non-hydrogen) atoms. The first kappa shape index (κ1) is 13.8. The molecule has 0 aliphatic rings. The smallest absolute Gasteiger partial charge is 0.192 e. The standard InChI is InChI=1S/C13H14N2O.HI/c1-10-5-6-11(8-13(10)16)14-12-4-3-7-15(2)9-12;/h3-9,14H,1-2H3;1H. The number of hydrogen-bond donors (Lipinski definition) is 2. The minimum absolute atomic E-state index is 0. The minimum atomic E-state index is 0. The van der Waals surface area contributed by atoms with Crippen molar-refractivity contribution < 1.29 is 33.7 Å². The number of nitrogens with zero attached hydrogens (tertiary/aromatic N) is 1. The molecule has 90 valence electrons. The fourth-order valence-corrected chi connectivity index (χ4v) is 1.52. The molecule has 0 saturated heterocycles. The van der Waals surface area contributed by atoms with Gasteiger partial charge in [0.05, 0.1) is 0 Å². The number of halogens is 1. The molecule has 2 rings (SSSR count). The fourth-order valence-electron chi connectivity index (χ4n) is 1.52. The maximum atomic E-state index is 9.59. The number of aryl methyl sites for hydroxylation is 2. The third-order valence-corrected chi connectivity index (χ3v) is 2.44. The summed E-state index contributed by atoms with van der Waals surface area (Å²) in [7, 11) is 1.97. The number of phenolic OH excluding ortho intramolecular Hbond substituents is 1. The van der Waals surface area contributed by atoms with Gasteiger partial charge in [-0.25, -0.2) is 4.57 Å². The first-order valence-electron chi connectivity index (χ1n) is 5.17. The molecule has 2 N–H and O–H groups in total. The van der Waals surface area contributed by atoms with Gasteiger partial charge in [-0.1, -0.05) is 6.07 Å². The highest BCUT2D eigenvalue weighted by molar-refractivity contribution is 5.60. The van der Waals surface area contributed by atoms with Crippen molar-refractivity contribution in [3.8, 4) is 5.75 Å². The van der Waals surface area contributed by atoms with E-state index in [0.29, 0.717) is 5.75 Å². The van der Waals surface area contributed by atoms with Gasteiger partial charge in [0.15, 0.2) is 12.4 Å². The van der Waals surface area contributed by atoms with E-state index in [-0.39, 0.29) is 24.0 Å². The Morgan fingerprint density at radius 1 is 1.18 bits per heavy atom. The molecule has 0 unspecified atom stereocenters. The van der Waals surface area contributed by atoms with Gasteiger partial charge >= 0.3 is 0 Å². The van der Waals surface area contributed by atoms with E-state index < -0.39 is 0 Å². The van der Waals surface area contributed by atoms with Crippen LogP contribution in [0.3, 0.4) is 0 Å². The Morgan fingerprint density at radius 2 is 1.94 bits per heavy atom. The van der Waals surface area contributed by atoms with Gasteiger partial charge in [0.25, 0.3) is 0 Å². The van der Waals surface area contributed by atoms with Crippen molar-refractivity contribution >= 4 is 11.4 Å². The highest BCUT2D eigenvalue weighted by Gasteiger charge is 2.01. The monoisotopic (exact) mass is 342 g/mol. The number of aromatic nitrogens is 1. The quantitative estimate of drug-likeness (QED) is 0.558. The van der Waals surface area contributed by atoms with Gasteiger partial charge in [-0.3, -0.25) is 0 Å². The molecule has 0 saturated carbocycles. The molecule has 0 aliphatic heterocycles. The Balaban J connectivity index is 0.00000144. The van der Waals surface area contributed by atoms with Crippen LogP contribution in [0.25, 0.3) is 0 Å². The van der Waals surface area contributed by atoms with Crippen molar-refractivity contribution in [3.05, 3.63) is 48.3 Å². The lowest BCUT2D eigenvalue weighted by Crippen LogP contribution is -3.00. The summed E-state index contributed by atoms with van der Waals surface area (Å²) in [5.41, 5.74) is 2.76. The number of phenols is 1. The van der Waals surface area contributed by atoms with Crippen molar-refractivity contribution in [2.45, 2.75) is 6.92 Å². The molecule has 3 nitrogen and oxygen atoms in total. The lowest BCUT2D eigenvalue weighted by molar-refractivity contribution is -0.670. The Labute approximate surface area is 118 Å². The third kappa shape index (κ3) is 3.59. The maximum Gasteiger partial charge on any atom is 0.192 e. The van der Waals surface area contributed by atoms with Crippen LogP contribution in [0.15, 0.2) is 42.7 Å². The summed E-state index contributed by atoms with van der Waals surface area (Å²) in [4.78, 5) is 0. The van der Waals surface area contributed by atoms with E-state index in [1.54, 1.807) is 6.07 Å². The Kier molecular flexibility index (Phi) is 4.74. The molecule has 1 heterocycles. The number of hydrogen-bond acceptors (Lipinski definition) is 2. The van der Waals surface area contributed by atoms with Crippen molar-refractivity contribution in [2.75, 3.05) is 5.32 Å². The summed E-state index contributed by atoms with van der Waals surface area (Å²) in [5.74, 6) is 0.310. The summed E-state index contributed by atoms with van der Waals surface area (Å²) in [6, 6.07) is 9.51. The highest BCUT2D eigenvalue weighted by Crippen LogP contribution is 2.23. The Hall–Kier alpha value is -1.30. The summed E-state index contributed by atoms with van der Waals surface area (Å²) < 4.78 is 1.97. The summed E-state index contributed by atoms with van der Waals surface area (Å²) in [6.45, 7) is 1.88. The molecule has 0 fully saturated rings. The molecule has 0 aliphatic carbocycles. The van der Waals surface area contributed by atoms with Gasteiger partial charge in [-0.05, 0) is 24.6 Å². The number of pyridine rings is 1. The van der Waals surface area contributed by atoms with Gasteiger partial charge in [0.2, 0.25) is 0 Å². The number of aromatic hydroxyl groups is 1. The third-order valence-electron chi connectivity index (χ3n) is 2.44. The van der Waals surface area contributed by atoms with Crippen LogP contribution in [0, 0.1) is 6.92 Å². The maximum absolute atomic E-state index is 9.59. The predicted molar refractivity (Wildman–Crippen MR) is 63.7 cm³/mol. The zero-order valence-electron chi connectivity index (χ0n) is 9.81. The fraction of sp³-hybridized carbons (Fsp3) is 0.154. The average molecular weight is 342 g/mol. The molecule has 1 aromatic carbocycles. The van der Waals surface area contributed by atoms with Gasteiger partial charge < -0.3 is 34.4 Å². The van der Waals surface area contributed by atoms with Crippen LogP contribution >= 0.6 is 0 Å². The predicted octanol–water partition coefficient (Wildman–Crippen LogP) is -0.727. The van der Waals surface area contributed by atoms with Gasteiger partial charge in [0.1, 0.15) is 18.5 Å². The van der Waals surface area contributed by atoms with Crippen LogP contribution in [0.4, 0.5) is 11.4 Å². The van der Waals surface area contributed by atoms with Gasteiger partial charge in [-0.15, -0.1) is 0 Å². The molecule has 1 aromatic heterocycles. The normalized spacial score (nSPS) is 9.53. The first-order chi connectivity index (χ1) is 7.65. The highest BCUT2D eigenvalue weighted by atomic mass is 127. The van der Waals surface area contributed by atoms with E-state index in [4.69, 9.17) is 0 Å². The lowest BCUT2D eigenvalue weighted by Gasteiger charge is -2.06. The molecule has 0 spiro atoms. The molecule has 0 radical (unpaired) electrons. The van der Waals surface area contributed by atoms with E-state index in [1.165, 1.54) is 0 Å². The summed E-state index contributed by atoms with van der Waals surface area (Å²) in [5, 5.41) is 12.8. The molecular weight excluding hydrogens is 327 g/mol. The van der Waals surface area contributed by atoms with Crippen molar-refractivity contribution in [3.63, 3.8) is 0 Å². The van der Waals surface area contributed by atoms with E-state index in [9.17, 15) is 5.11 Å². The molecule has 0 atom stereocenters. The van der Waals surface area contributed by atoms with Crippen LogP contribution < -0.4 is 33.9 Å². The Bertz CT molecular complexity index is 515. The second-order valence-corrected chi connectivity index (χ2v) is 3.88. The van der Waals surface area contributed by atoms with Gasteiger partial charge in [-0.2, -0.15) is 0 Å². The summed E-state index contributed by atoms with van der Waals surface area (Å²) in [6.07, 6.45) is 3.95. The molecule has 4 heteroatoms. The van der Waals surface area contributed by atoms with Crippen LogP contribution in [-0.4, -0.2) is 5.11 Å². The van der Waals surface area contributed by atoms with E-state index in [2.05, 4.69) is 5.32 Å².